The highest BCUT2D eigenvalue weighted by Gasteiger charge is 2.51. The van der Waals surface area contributed by atoms with Crippen LogP contribution in [0.3, 0.4) is 0 Å². The summed E-state index contributed by atoms with van der Waals surface area (Å²) >= 11 is 0. The Bertz CT molecular complexity index is 1170. The number of rotatable bonds is 46. The summed E-state index contributed by atoms with van der Waals surface area (Å²) in [5.41, 5.74) is 0. The van der Waals surface area contributed by atoms with Crippen LogP contribution < -0.4 is 0 Å². The van der Waals surface area contributed by atoms with Crippen LogP contribution in [0, 0.1) is 0 Å². The summed E-state index contributed by atoms with van der Waals surface area (Å²) in [4.78, 5) is 23.3. The number of aliphatic hydroxyl groups is 5. The van der Waals surface area contributed by atoms with Crippen molar-refractivity contribution in [2.24, 2.45) is 0 Å². The molecule has 1 fully saturated rings. The summed E-state index contributed by atoms with van der Waals surface area (Å²) in [5, 5.41) is 50.3. The van der Waals surface area contributed by atoms with Crippen LogP contribution in [0.15, 0.2) is 24.3 Å². The molecule has 0 aromatic heterocycles. The van der Waals surface area contributed by atoms with Crippen molar-refractivity contribution in [1.82, 2.24) is 0 Å². The molecule has 0 amide bonds. The standard InChI is InChI=1S/C52H99O12P/c1-3-5-7-9-11-13-15-17-19-20-21-22-23-24-25-26-27-29-31-33-35-37-39-41-46(53)63-45(44-62-65(59,60)64-52-50(57)48(55)47(54)49(56)51(52)58)43-61-42-40-38-36-34-32-30-28-18-16-14-12-10-8-6-4-2/h15,17,20-21,45,47-52,54-58H,3-14,16,18-19,22-44H2,1-2H3,(H,59,60)/b17-15-,21-20-. The number of hydrogen-bond donors (Lipinski definition) is 6. The van der Waals surface area contributed by atoms with E-state index in [4.69, 9.17) is 18.5 Å². The maximum absolute atomic E-state index is 12.9. The molecule has 0 spiro atoms. The number of phosphoric acid groups is 1. The van der Waals surface area contributed by atoms with Crippen molar-refractivity contribution in [2.75, 3.05) is 19.8 Å². The number of ether oxygens (including phenoxy) is 2. The van der Waals surface area contributed by atoms with Gasteiger partial charge in [-0.05, 0) is 44.9 Å². The molecule has 0 radical (unpaired) electrons. The zero-order valence-corrected chi connectivity index (χ0v) is 42.2. The van der Waals surface area contributed by atoms with Crippen LogP contribution in [0.25, 0.3) is 0 Å². The normalized spacial score (nSPS) is 21.7. The molecule has 0 saturated heterocycles. The molecular weight excluding hydrogens is 848 g/mol. The van der Waals surface area contributed by atoms with Crippen LogP contribution in [0.1, 0.15) is 239 Å². The molecule has 0 aromatic carbocycles. The molecule has 12 nitrogen and oxygen atoms in total. The lowest BCUT2D eigenvalue weighted by atomic mass is 9.85. The van der Waals surface area contributed by atoms with Crippen molar-refractivity contribution < 1.29 is 58.3 Å². The number of allylic oxidation sites excluding steroid dienone is 4. The first-order valence-corrected chi connectivity index (χ1v) is 28.2. The Morgan fingerprint density at radius 3 is 1.29 bits per heavy atom. The van der Waals surface area contributed by atoms with E-state index >= 15 is 0 Å². The van der Waals surface area contributed by atoms with Gasteiger partial charge in [0.25, 0.3) is 0 Å². The van der Waals surface area contributed by atoms with Gasteiger partial charge in [-0.3, -0.25) is 13.8 Å². The highest BCUT2D eigenvalue weighted by molar-refractivity contribution is 7.47. The molecule has 1 aliphatic carbocycles. The molecule has 384 valence electrons. The van der Waals surface area contributed by atoms with E-state index in [0.29, 0.717) is 13.0 Å². The molecule has 0 aromatic rings. The Kier molecular flexibility index (Phi) is 40.8. The number of hydrogen-bond acceptors (Lipinski definition) is 11. The fourth-order valence-corrected chi connectivity index (χ4v) is 9.30. The zero-order valence-electron chi connectivity index (χ0n) is 41.3. The third-order valence-corrected chi connectivity index (χ3v) is 13.6. The topological polar surface area (TPSA) is 192 Å². The Labute approximate surface area is 396 Å². The van der Waals surface area contributed by atoms with Crippen molar-refractivity contribution in [2.45, 2.75) is 281 Å². The number of phosphoric ester groups is 1. The lowest BCUT2D eigenvalue weighted by Gasteiger charge is -2.41. The molecule has 6 atom stereocenters. The van der Waals surface area contributed by atoms with Gasteiger partial charge in [-0.1, -0.05) is 212 Å². The quantitative estimate of drug-likeness (QED) is 0.0147. The Hall–Kier alpha value is -1.18. The molecule has 6 unspecified atom stereocenters. The average molecular weight is 947 g/mol. The monoisotopic (exact) mass is 947 g/mol. The Morgan fingerprint density at radius 1 is 0.492 bits per heavy atom. The van der Waals surface area contributed by atoms with E-state index in [9.17, 15) is 39.8 Å². The summed E-state index contributed by atoms with van der Waals surface area (Å²) in [6.07, 6.45) is 38.1. The van der Waals surface area contributed by atoms with Crippen molar-refractivity contribution in [3.05, 3.63) is 24.3 Å². The second-order valence-corrected chi connectivity index (χ2v) is 20.1. The molecule has 0 bridgehead atoms. The molecule has 65 heavy (non-hydrogen) atoms. The van der Waals surface area contributed by atoms with E-state index in [1.165, 1.54) is 167 Å². The Morgan fingerprint density at radius 2 is 0.862 bits per heavy atom. The minimum Gasteiger partial charge on any atom is -0.457 e. The first kappa shape index (κ1) is 61.8. The fourth-order valence-electron chi connectivity index (χ4n) is 8.33. The summed E-state index contributed by atoms with van der Waals surface area (Å²) < 4.78 is 34.3. The van der Waals surface area contributed by atoms with E-state index in [1.807, 2.05) is 0 Å². The summed E-state index contributed by atoms with van der Waals surface area (Å²) in [6.45, 7) is 4.29. The number of aliphatic hydroxyl groups excluding tert-OH is 5. The van der Waals surface area contributed by atoms with Crippen LogP contribution in [-0.2, 0) is 27.9 Å². The maximum Gasteiger partial charge on any atom is 0.472 e. The van der Waals surface area contributed by atoms with Gasteiger partial charge >= 0.3 is 13.8 Å². The van der Waals surface area contributed by atoms with Gasteiger partial charge < -0.3 is 39.9 Å². The van der Waals surface area contributed by atoms with Gasteiger partial charge in [0.15, 0.2) is 0 Å². The van der Waals surface area contributed by atoms with E-state index < -0.39 is 63.1 Å². The number of unbranched alkanes of at least 4 members (excludes halogenated alkanes) is 30. The van der Waals surface area contributed by atoms with E-state index in [1.54, 1.807) is 0 Å². The van der Waals surface area contributed by atoms with Gasteiger partial charge in [0.2, 0.25) is 0 Å². The van der Waals surface area contributed by atoms with Gasteiger partial charge in [-0.15, -0.1) is 0 Å². The van der Waals surface area contributed by atoms with Crippen LogP contribution in [0.4, 0.5) is 0 Å². The van der Waals surface area contributed by atoms with E-state index in [0.717, 1.165) is 44.9 Å². The molecule has 1 rings (SSSR count). The van der Waals surface area contributed by atoms with Crippen molar-refractivity contribution in [1.29, 1.82) is 0 Å². The first-order valence-electron chi connectivity index (χ1n) is 26.7. The predicted molar refractivity (Wildman–Crippen MR) is 263 cm³/mol. The third kappa shape index (κ3) is 34.7. The van der Waals surface area contributed by atoms with Crippen molar-refractivity contribution in [3.8, 4) is 0 Å². The lowest BCUT2D eigenvalue weighted by molar-refractivity contribution is -0.220. The number of esters is 1. The highest BCUT2D eigenvalue weighted by atomic mass is 31.2. The zero-order chi connectivity index (χ0) is 47.6. The molecule has 0 aliphatic heterocycles. The second kappa shape index (κ2) is 42.9. The lowest BCUT2D eigenvalue weighted by Crippen LogP contribution is -2.64. The Balaban J connectivity index is 2.30. The molecule has 1 saturated carbocycles. The molecule has 0 heterocycles. The predicted octanol–water partition coefficient (Wildman–Crippen LogP) is 12.0. The van der Waals surface area contributed by atoms with Crippen LogP contribution in [-0.4, -0.2) is 98.9 Å². The first-order chi connectivity index (χ1) is 31.5. The van der Waals surface area contributed by atoms with Gasteiger partial charge in [-0.25, -0.2) is 4.57 Å². The smallest absolute Gasteiger partial charge is 0.457 e. The summed E-state index contributed by atoms with van der Waals surface area (Å²) in [7, 11) is -5.02. The fraction of sp³-hybridized carbons (Fsp3) is 0.904. The molecule has 1 aliphatic rings. The maximum atomic E-state index is 12.9. The van der Waals surface area contributed by atoms with Gasteiger partial charge in [-0.2, -0.15) is 0 Å². The highest BCUT2D eigenvalue weighted by Crippen LogP contribution is 2.47. The van der Waals surface area contributed by atoms with E-state index in [2.05, 4.69) is 38.2 Å². The molecule has 6 N–H and O–H groups in total. The average Bonchev–Trinajstić information content (AvgIpc) is 3.29. The van der Waals surface area contributed by atoms with E-state index in [-0.39, 0.29) is 13.0 Å². The van der Waals surface area contributed by atoms with Gasteiger partial charge in [0.1, 0.15) is 42.7 Å². The summed E-state index contributed by atoms with van der Waals surface area (Å²) in [6, 6.07) is 0. The van der Waals surface area contributed by atoms with Crippen LogP contribution >= 0.6 is 7.82 Å². The number of carbonyl (C=O) groups excluding carboxylic acids is 1. The van der Waals surface area contributed by atoms with Gasteiger partial charge in [0.05, 0.1) is 13.2 Å². The van der Waals surface area contributed by atoms with Crippen LogP contribution in [0.2, 0.25) is 0 Å². The second-order valence-electron chi connectivity index (χ2n) is 18.7. The molecule has 13 heteroatoms. The molecular formula is C52H99O12P. The minimum atomic E-state index is -5.02. The summed E-state index contributed by atoms with van der Waals surface area (Å²) in [5.74, 6) is -0.475. The van der Waals surface area contributed by atoms with Crippen molar-refractivity contribution >= 4 is 13.8 Å². The van der Waals surface area contributed by atoms with Gasteiger partial charge in [0, 0.05) is 13.0 Å². The minimum absolute atomic E-state index is 0.0725. The largest absolute Gasteiger partial charge is 0.472 e. The third-order valence-electron chi connectivity index (χ3n) is 12.6. The van der Waals surface area contributed by atoms with Crippen LogP contribution in [0.5, 0.6) is 0 Å². The number of carbonyl (C=O) groups is 1. The SMILES string of the molecule is CCCCCCC/C=C\C/C=C\CCCCCCCCCCCCCC(=O)OC(COCCCCCCCCCCCCCCCCC)COP(=O)(O)OC1C(O)C(O)C(O)C(O)C1O. The van der Waals surface area contributed by atoms with Crippen molar-refractivity contribution in [3.63, 3.8) is 0 Å².